The fourth-order valence-corrected chi connectivity index (χ4v) is 15.1. The molecule has 8 nitrogen and oxygen atoms in total. The molecule has 0 saturated carbocycles. The quantitative estimate of drug-likeness (QED) is 0.144. The predicted octanol–water partition coefficient (Wildman–Crippen LogP) is 9.60. The molecule has 1 aliphatic carbocycles. The highest BCUT2D eigenvalue weighted by Gasteiger charge is 2.43. The van der Waals surface area contributed by atoms with Gasteiger partial charge in [-0.25, -0.2) is 0 Å². The number of hydrogen-bond donors (Lipinski definition) is 0. The molecule has 0 aromatic heterocycles. The Hall–Kier alpha value is -3.50. The summed E-state index contributed by atoms with van der Waals surface area (Å²) in [5, 5.41) is 0. The van der Waals surface area contributed by atoms with Gasteiger partial charge in [0.2, 0.25) is 0 Å². The van der Waals surface area contributed by atoms with E-state index < -0.39 is 34.2 Å². The Morgan fingerprint density at radius 3 is 0.566 bits per heavy atom. The maximum atomic E-state index is 6.98. The Labute approximate surface area is 324 Å². The van der Waals surface area contributed by atoms with E-state index in [0.29, 0.717) is 25.7 Å². The first kappa shape index (κ1) is 36.5. The van der Waals surface area contributed by atoms with Crippen LogP contribution in [0, 0.1) is 27.7 Å². The van der Waals surface area contributed by atoms with Crippen LogP contribution in [-0.2, 0) is 25.7 Å². The van der Waals surface area contributed by atoms with Gasteiger partial charge in [-0.2, -0.15) is 13.5 Å². The van der Waals surface area contributed by atoms with E-state index in [-0.39, 0.29) is 13.5 Å². The molecule has 4 aromatic rings. The molecule has 4 heterocycles. The van der Waals surface area contributed by atoms with E-state index in [0.717, 1.165) is 113 Å². The molecule has 4 aliphatic heterocycles. The first-order chi connectivity index (χ1) is 24.3. The van der Waals surface area contributed by atoms with Gasteiger partial charge < -0.3 is 35.4 Å². The Bertz CT molecular complexity index is 1840. The Balaban J connectivity index is 0.00000400. The highest BCUT2D eigenvalue weighted by molar-refractivity contribution is 7.59. The largest absolute Gasteiger partial charge is 0.511 e. The lowest BCUT2D eigenvalue weighted by molar-refractivity contribution is 0.363. The average molecular weight is 803 g/mol. The summed E-state index contributed by atoms with van der Waals surface area (Å²) in [5.74, 6) is 6.91. The van der Waals surface area contributed by atoms with Gasteiger partial charge in [0.25, 0.3) is 0 Å². The molecule has 0 spiro atoms. The summed E-state index contributed by atoms with van der Waals surface area (Å²) in [5.41, 5.74) is 13.1. The zero-order chi connectivity index (χ0) is 36.9. The van der Waals surface area contributed by atoms with Gasteiger partial charge in [-0.1, -0.05) is 0 Å². The summed E-state index contributed by atoms with van der Waals surface area (Å²) in [4.78, 5) is 0. The lowest BCUT2D eigenvalue weighted by Crippen LogP contribution is -2.46. The van der Waals surface area contributed by atoms with E-state index in [9.17, 15) is 0 Å². The summed E-state index contributed by atoms with van der Waals surface area (Å²) < 4.78 is 55.8. The second-order valence-corrected chi connectivity index (χ2v) is 29.9. The Kier molecular flexibility index (Phi) is 8.09. The molecule has 0 amide bonds. The summed E-state index contributed by atoms with van der Waals surface area (Å²) in [6, 6.07) is 9.29. The van der Waals surface area contributed by atoms with Gasteiger partial charge in [0.15, 0.2) is 0 Å². The fraction of sp³-hybridized carbons (Fsp3) is 0.400. The molecule has 5 aliphatic rings. The van der Waals surface area contributed by atoms with Gasteiger partial charge in [-0.3, -0.25) is 0 Å². The molecule has 13 heteroatoms. The minimum absolute atomic E-state index is 0. The third-order valence-corrected chi connectivity index (χ3v) is 16.3. The number of benzene rings is 4. The molecule has 53 heavy (non-hydrogen) atoms. The van der Waals surface area contributed by atoms with E-state index in [4.69, 9.17) is 35.4 Å². The van der Waals surface area contributed by atoms with Crippen molar-refractivity contribution in [3.05, 3.63) is 91.0 Å². The van der Waals surface area contributed by atoms with Crippen LogP contribution in [0.3, 0.4) is 0 Å². The molecule has 0 N–H and O–H groups in total. The van der Waals surface area contributed by atoms with Crippen LogP contribution in [0.25, 0.3) is 0 Å². The normalized spacial score (nSPS) is 19.5. The summed E-state index contributed by atoms with van der Waals surface area (Å²) >= 11 is 0. The SMILES string of the molecule is Cc1c2c3cc4c1O[Si](C)(C)Oc1c(cc5c(c1C)O[Si](C)(C)Oc1c(cc6c(c1C)O[Si](C)(C)Oc1c(cc(c(c1C)O[Si](C)(C)O2)C3)C6)C5)C4.S. The maximum absolute atomic E-state index is 6.98. The zero-order valence-electron chi connectivity index (χ0n) is 32.9. The van der Waals surface area contributed by atoms with Gasteiger partial charge in [0.05, 0.1) is 0 Å². The maximum Gasteiger partial charge on any atom is 0.454 e. The predicted molar refractivity (Wildman–Crippen MR) is 221 cm³/mol. The molecule has 4 aromatic carbocycles. The standard InChI is InChI=1S/C40H48O8Si4.H2S/c1-21-33-25-13-26-18-28-15-30-20-32-16-31-19-29-14-27(17-25)35(43-49(5,6)41-33)22(2)37(29)45-51(9,10)47-39(31)24(4)40(32)48-52(11,12)46-38(30)23(3)36(28)44-50(7,8)42-34(21)26;/h13-16H,17-20H2,1-12H3;1H2. The third kappa shape index (κ3) is 5.97. The lowest BCUT2D eigenvalue weighted by Gasteiger charge is -2.38. The van der Waals surface area contributed by atoms with Gasteiger partial charge in [-0.05, 0) is 96.5 Å². The van der Waals surface area contributed by atoms with E-state index in [1.807, 2.05) is 0 Å². The molecule has 0 unspecified atom stereocenters. The van der Waals surface area contributed by atoms with Crippen LogP contribution >= 0.6 is 13.5 Å². The summed E-state index contributed by atoms with van der Waals surface area (Å²) in [7, 11) is -11.1. The van der Waals surface area contributed by atoms with Crippen molar-refractivity contribution in [3.8, 4) is 46.0 Å². The topological polar surface area (TPSA) is 73.8 Å². The average Bonchev–Trinajstić information content (AvgIpc) is 3.01. The molecule has 9 rings (SSSR count). The lowest BCUT2D eigenvalue weighted by atomic mass is 9.88. The molecular formula is C40H50O8SSi4. The number of rotatable bonds is 0. The van der Waals surface area contributed by atoms with Crippen LogP contribution in [0.2, 0.25) is 52.4 Å². The van der Waals surface area contributed by atoms with Crippen LogP contribution in [-0.4, -0.2) is 34.2 Å². The molecule has 0 atom stereocenters. The van der Waals surface area contributed by atoms with E-state index in [1.165, 1.54) is 0 Å². The highest BCUT2D eigenvalue weighted by Crippen LogP contribution is 2.51. The van der Waals surface area contributed by atoms with Crippen molar-refractivity contribution in [1.82, 2.24) is 0 Å². The molecule has 0 saturated heterocycles. The van der Waals surface area contributed by atoms with Gasteiger partial charge in [0, 0.05) is 100 Å². The molecular weight excluding hydrogens is 753 g/mol. The summed E-state index contributed by atoms with van der Waals surface area (Å²) in [6.07, 6.45) is 2.61. The van der Waals surface area contributed by atoms with Crippen molar-refractivity contribution in [3.63, 3.8) is 0 Å². The molecule has 280 valence electrons. The molecule has 0 fully saturated rings. The first-order valence-electron chi connectivity index (χ1n) is 18.4. The monoisotopic (exact) mass is 802 g/mol. The van der Waals surface area contributed by atoms with Crippen molar-refractivity contribution >= 4 is 47.7 Å². The molecule has 8 bridgehead atoms. The van der Waals surface area contributed by atoms with Gasteiger partial charge in [0.1, 0.15) is 46.0 Å². The van der Waals surface area contributed by atoms with Crippen molar-refractivity contribution in [2.75, 3.05) is 0 Å². The van der Waals surface area contributed by atoms with Crippen LogP contribution in [0.1, 0.15) is 66.8 Å². The van der Waals surface area contributed by atoms with E-state index in [2.05, 4.69) is 104 Å². The van der Waals surface area contributed by atoms with Crippen LogP contribution in [0.4, 0.5) is 0 Å². The van der Waals surface area contributed by atoms with Crippen LogP contribution in [0.5, 0.6) is 46.0 Å². The summed E-state index contributed by atoms with van der Waals surface area (Å²) in [6.45, 7) is 25.4. The van der Waals surface area contributed by atoms with Crippen LogP contribution in [0.15, 0.2) is 24.3 Å². The van der Waals surface area contributed by atoms with Crippen molar-refractivity contribution in [2.24, 2.45) is 0 Å². The van der Waals surface area contributed by atoms with Crippen molar-refractivity contribution < 1.29 is 35.4 Å². The Morgan fingerprint density at radius 1 is 0.302 bits per heavy atom. The third-order valence-electron chi connectivity index (χ3n) is 10.8. The van der Waals surface area contributed by atoms with E-state index >= 15 is 0 Å². The second kappa shape index (κ2) is 11.7. The minimum atomic E-state index is -2.77. The van der Waals surface area contributed by atoms with E-state index in [1.54, 1.807) is 0 Å². The molecule has 0 radical (unpaired) electrons. The van der Waals surface area contributed by atoms with Crippen molar-refractivity contribution in [2.45, 2.75) is 106 Å². The van der Waals surface area contributed by atoms with Gasteiger partial charge >= 0.3 is 34.2 Å². The van der Waals surface area contributed by atoms with Crippen LogP contribution < -0.4 is 35.4 Å². The first-order valence-corrected chi connectivity index (χ1v) is 29.7. The Morgan fingerprint density at radius 2 is 0.434 bits per heavy atom. The zero-order valence-corrected chi connectivity index (χ0v) is 37.9. The second-order valence-electron chi connectivity index (χ2n) is 17.0. The smallest absolute Gasteiger partial charge is 0.454 e. The highest BCUT2D eigenvalue weighted by atomic mass is 32.1. The van der Waals surface area contributed by atoms with Gasteiger partial charge in [-0.15, -0.1) is 0 Å². The minimum Gasteiger partial charge on any atom is -0.511 e. The van der Waals surface area contributed by atoms with Crippen molar-refractivity contribution in [1.29, 1.82) is 0 Å². The fourth-order valence-electron chi connectivity index (χ4n) is 8.76. The number of hydrogen-bond acceptors (Lipinski definition) is 8.